The first-order valence-electron chi connectivity index (χ1n) is 10.2. The quantitative estimate of drug-likeness (QED) is 0.646. The molecule has 1 fully saturated rings. The molecule has 3 rings (SSSR count). The summed E-state index contributed by atoms with van der Waals surface area (Å²) in [5.41, 5.74) is 2.41. The van der Waals surface area contributed by atoms with Crippen molar-refractivity contribution in [3.05, 3.63) is 54.1 Å². The lowest BCUT2D eigenvalue weighted by Crippen LogP contribution is -2.45. The molecule has 1 atom stereocenters. The van der Waals surface area contributed by atoms with Gasteiger partial charge in [-0.3, -0.25) is 4.79 Å². The number of nitrogens with zero attached hydrogens (tertiary/aromatic N) is 2. The Morgan fingerprint density at radius 2 is 1.79 bits per heavy atom. The normalized spacial score (nSPS) is 15.9. The summed E-state index contributed by atoms with van der Waals surface area (Å²) in [4.78, 5) is 18.2. The van der Waals surface area contributed by atoms with Crippen LogP contribution in [-0.2, 0) is 11.3 Å². The van der Waals surface area contributed by atoms with E-state index >= 15 is 0 Å². The van der Waals surface area contributed by atoms with Crippen LogP contribution in [-0.4, -0.2) is 54.4 Å². The molecule has 1 saturated heterocycles. The number of likely N-dealkylation sites (N-methyl/N-ethyl adjacent to an activating group) is 1. The molecule has 2 aromatic rings. The zero-order chi connectivity index (χ0) is 20.6. The van der Waals surface area contributed by atoms with Gasteiger partial charge in [-0.1, -0.05) is 25.1 Å². The van der Waals surface area contributed by atoms with Crippen LogP contribution in [0.1, 0.15) is 25.3 Å². The van der Waals surface area contributed by atoms with Crippen molar-refractivity contribution >= 4 is 23.4 Å². The number of benzene rings is 2. The van der Waals surface area contributed by atoms with Crippen LogP contribution < -0.4 is 10.2 Å². The number of para-hydroxylation sites is 1. The van der Waals surface area contributed by atoms with Crippen LogP contribution in [0.25, 0.3) is 0 Å². The number of carbonyl (C=O) groups is 1. The Morgan fingerprint density at radius 1 is 1.10 bits per heavy atom. The number of hydrogen-bond donors (Lipinski definition) is 2. The SMILES string of the molecule is CC(CCC(=O)NCc1ccccc1N1CCN(C)CC1)Sc1ccc(O)cc1. The molecule has 0 aromatic heterocycles. The van der Waals surface area contributed by atoms with Crippen molar-refractivity contribution in [1.82, 2.24) is 10.2 Å². The Balaban J connectivity index is 1.45. The summed E-state index contributed by atoms with van der Waals surface area (Å²) >= 11 is 1.73. The summed E-state index contributed by atoms with van der Waals surface area (Å²) < 4.78 is 0. The van der Waals surface area contributed by atoms with E-state index in [0.29, 0.717) is 18.2 Å². The number of anilines is 1. The monoisotopic (exact) mass is 413 g/mol. The number of piperazine rings is 1. The van der Waals surface area contributed by atoms with Crippen molar-refractivity contribution in [2.45, 2.75) is 36.5 Å². The number of nitrogens with one attached hydrogen (secondary N) is 1. The molecular weight excluding hydrogens is 382 g/mol. The number of phenols is 1. The third-order valence-corrected chi connectivity index (χ3v) is 6.45. The number of carbonyl (C=O) groups excluding carboxylic acids is 1. The number of aromatic hydroxyl groups is 1. The van der Waals surface area contributed by atoms with E-state index in [1.807, 2.05) is 18.2 Å². The van der Waals surface area contributed by atoms with Gasteiger partial charge in [-0.2, -0.15) is 0 Å². The largest absolute Gasteiger partial charge is 0.508 e. The van der Waals surface area contributed by atoms with Gasteiger partial charge in [0.25, 0.3) is 0 Å². The zero-order valence-corrected chi connectivity index (χ0v) is 18.1. The minimum Gasteiger partial charge on any atom is -0.508 e. The van der Waals surface area contributed by atoms with Crippen LogP contribution in [0.15, 0.2) is 53.4 Å². The summed E-state index contributed by atoms with van der Waals surface area (Å²) in [6.07, 6.45) is 1.33. The standard InChI is InChI=1S/C23H31N3O2S/c1-18(29-21-10-8-20(27)9-11-21)7-12-23(28)24-17-19-5-3-4-6-22(19)26-15-13-25(2)14-16-26/h3-6,8-11,18,27H,7,12-17H2,1-2H3,(H,24,28). The van der Waals surface area contributed by atoms with Gasteiger partial charge in [0.1, 0.15) is 5.75 Å². The molecule has 2 N–H and O–H groups in total. The fourth-order valence-electron chi connectivity index (χ4n) is 3.45. The third kappa shape index (κ3) is 6.68. The van der Waals surface area contributed by atoms with E-state index in [4.69, 9.17) is 0 Å². The summed E-state index contributed by atoms with van der Waals surface area (Å²) in [5.74, 6) is 0.370. The highest BCUT2D eigenvalue weighted by Crippen LogP contribution is 2.27. The van der Waals surface area contributed by atoms with Gasteiger partial charge < -0.3 is 20.2 Å². The first-order valence-corrected chi connectivity index (χ1v) is 11.1. The summed E-state index contributed by atoms with van der Waals surface area (Å²) in [6, 6.07) is 15.6. The van der Waals surface area contributed by atoms with Crippen molar-refractivity contribution in [1.29, 1.82) is 0 Å². The average molecular weight is 414 g/mol. The maximum atomic E-state index is 12.4. The van der Waals surface area contributed by atoms with Crippen LogP contribution in [0.2, 0.25) is 0 Å². The minimum absolute atomic E-state index is 0.0938. The Morgan fingerprint density at radius 3 is 2.52 bits per heavy atom. The van der Waals surface area contributed by atoms with Gasteiger partial charge in [0.05, 0.1) is 0 Å². The molecule has 0 aliphatic carbocycles. The topological polar surface area (TPSA) is 55.8 Å². The number of amides is 1. The predicted octanol–water partition coefficient (Wildman–Crippen LogP) is 3.72. The third-order valence-electron chi connectivity index (χ3n) is 5.26. The van der Waals surface area contributed by atoms with Crippen molar-refractivity contribution in [2.24, 2.45) is 0 Å². The Labute approximate surface area is 178 Å². The Hall–Kier alpha value is -2.18. The van der Waals surface area contributed by atoms with Crippen LogP contribution in [0, 0.1) is 0 Å². The van der Waals surface area contributed by atoms with Gasteiger partial charge in [0.15, 0.2) is 0 Å². The lowest BCUT2D eigenvalue weighted by atomic mass is 10.1. The molecule has 0 bridgehead atoms. The highest BCUT2D eigenvalue weighted by molar-refractivity contribution is 7.99. The van der Waals surface area contributed by atoms with Crippen molar-refractivity contribution < 1.29 is 9.90 Å². The molecular formula is C23H31N3O2S. The maximum absolute atomic E-state index is 12.4. The highest BCUT2D eigenvalue weighted by atomic mass is 32.2. The number of phenolic OH excluding ortho intramolecular Hbond substituents is 1. The molecule has 1 heterocycles. The first kappa shape index (κ1) is 21.5. The first-order chi connectivity index (χ1) is 14.0. The molecule has 1 aliphatic rings. The van der Waals surface area contributed by atoms with E-state index in [0.717, 1.165) is 37.5 Å². The van der Waals surface area contributed by atoms with E-state index in [2.05, 4.69) is 47.3 Å². The number of thioether (sulfide) groups is 1. The molecule has 1 amide bonds. The fourth-order valence-corrected chi connectivity index (χ4v) is 4.44. The van der Waals surface area contributed by atoms with E-state index < -0.39 is 0 Å². The molecule has 0 radical (unpaired) electrons. The van der Waals surface area contributed by atoms with E-state index in [1.165, 1.54) is 11.3 Å². The van der Waals surface area contributed by atoms with Crippen LogP contribution in [0.5, 0.6) is 5.75 Å². The van der Waals surface area contributed by atoms with Crippen molar-refractivity contribution in [2.75, 3.05) is 38.1 Å². The zero-order valence-electron chi connectivity index (χ0n) is 17.3. The van der Waals surface area contributed by atoms with Crippen LogP contribution >= 0.6 is 11.8 Å². The van der Waals surface area contributed by atoms with Crippen LogP contribution in [0.4, 0.5) is 5.69 Å². The van der Waals surface area contributed by atoms with Gasteiger partial charge >= 0.3 is 0 Å². The second-order valence-electron chi connectivity index (χ2n) is 7.66. The van der Waals surface area contributed by atoms with Gasteiger partial charge in [-0.25, -0.2) is 0 Å². The minimum atomic E-state index is 0.0938. The van der Waals surface area contributed by atoms with Gasteiger partial charge in [-0.05, 0) is 49.4 Å². The number of hydrogen-bond acceptors (Lipinski definition) is 5. The van der Waals surface area contributed by atoms with Gasteiger partial charge in [0, 0.05) is 55.0 Å². The molecule has 1 aliphatic heterocycles. The number of rotatable bonds is 8. The molecule has 2 aromatic carbocycles. The fraction of sp³-hybridized carbons (Fsp3) is 0.435. The summed E-state index contributed by atoms with van der Waals surface area (Å²) in [5, 5.41) is 12.8. The second-order valence-corrected chi connectivity index (χ2v) is 9.17. The lowest BCUT2D eigenvalue weighted by molar-refractivity contribution is -0.121. The Bertz CT molecular complexity index is 789. The van der Waals surface area contributed by atoms with Crippen molar-refractivity contribution in [3.8, 4) is 5.75 Å². The second kappa shape index (κ2) is 10.6. The lowest BCUT2D eigenvalue weighted by Gasteiger charge is -2.35. The average Bonchev–Trinajstić information content (AvgIpc) is 2.73. The summed E-state index contributed by atoms with van der Waals surface area (Å²) in [6.45, 7) is 6.88. The van der Waals surface area contributed by atoms with Gasteiger partial charge in [-0.15, -0.1) is 11.8 Å². The molecule has 6 heteroatoms. The molecule has 0 spiro atoms. The predicted molar refractivity (Wildman–Crippen MR) is 121 cm³/mol. The molecule has 0 saturated carbocycles. The van der Waals surface area contributed by atoms with Gasteiger partial charge in [0.2, 0.25) is 5.91 Å². The van der Waals surface area contributed by atoms with E-state index in [9.17, 15) is 9.90 Å². The van der Waals surface area contributed by atoms with Crippen LogP contribution in [0.3, 0.4) is 0 Å². The van der Waals surface area contributed by atoms with E-state index in [-0.39, 0.29) is 11.7 Å². The maximum Gasteiger partial charge on any atom is 0.220 e. The molecule has 1 unspecified atom stereocenters. The molecule has 5 nitrogen and oxygen atoms in total. The van der Waals surface area contributed by atoms with E-state index in [1.54, 1.807) is 23.9 Å². The van der Waals surface area contributed by atoms with Crippen molar-refractivity contribution in [3.63, 3.8) is 0 Å². The summed E-state index contributed by atoms with van der Waals surface area (Å²) in [7, 11) is 2.16. The Kier molecular flexibility index (Phi) is 7.83. The molecule has 29 heavy (non-hydrogen) atoms. The smallest absolute Gasteiger partial charge is 0.220 e. The molecule has 156 valence electrons. The highest BCUT2D eigenvalue weighted by Gasteiger charge is 2.17.